The first-order valence-electron chi connectivity index (χ1n) is 3.57. The van der Waals surface area contributed by atoms with E-state index in [1.807, 2.05) is 0 Å². The van der Waals surface area contributed by atoms with Crippen LogP contribution in [0.15, 0.2) is 0 Å². The summed E-state index contributed by atoms with van der Waals surface area (Å²) in [6, 6.07) is 0. The van der Waals surface area contributed by atoms with Gasteiger partial charge in [0.05, 0.1) is 0 Å². The molecular formula is C7H17LiN. The van der Waals surface area contributed by atoms with Gasteiger partial charge in [-0.2, -0.15) is 0 Å². The van der Waals surface area contributed by atoms with Crippen molar-refractivity contribution in [2.45, 2.75) is 27.2 Å². The first-order chi connectivity index (χ1) is 3.85. The van der Waals surface area contributed by atoms with Crippen molar-refractivity contribution in [1.82, 2.24) is 4.90 Å². The van der Waals surface area contributed by atoms with Crippen LogP contribution in [0.25, 0.3) is 0 Å². The molecule has 0 rings (SSSR count). The van der Waals surface area contributed by atoms with Gasteiger partial charge in [0.15, 0.2) is 0 Å². The van der Waals surface area contributed by atoms with Crippen LogP contribution in [0.2, 0.25) is 0 Å². The fourth-order valence-corrected chi connectivity index (χ4v) is 0.856. The average Bonchev–Trinajstić information content (AvgIpc) is 1.83. The van der Waals surface area contributed by atoms with Crippen molar-refractivity contribution in [2.75, 3.05) is 19.6 Å². The number of hydrogen-bond donors (Lipinski definition) is 0. The predicted molar refractivity (Wildman–Crippen MR) is 43.8 cm³/mol. The van der Waals surface area contributed by atoms with Crippen molar-refractivity contribution in [2.24, 2.45) is 0 Å². The molecule has 1 nitrogen and oxygen atoms in total. The van der Waals surface area contributed by atoms with Crippen molar-refractivity contribution < 1.29 is 0 Å². The van der Waals surface area contributed by atoms with Crippen molar-refractivity contribution >= 4 is 18.9 Å². The van der Waals surface area contributed by atoms with Crippen LogP contribution in [-0.2, 0) is 0 Å². The Morgan fingerprint density at radius 2 is 1.44 bits per heavy atom. The molecule has 0 aromatic heterocycles. The SMILES string of the molecule is CCCN(CC)CC.[Li]. The van der Waals surface area contributed by atoms with Gasteiger partial charge in [-0.05, 0) is 26.1 Å². The molecule has 0 amide bonds. The fraction of sp³-hybridized carbons (Fsp3) is 1.00. The second-order valence-electron chi connectivity index (χ2n) is 2.03. The standard InChI is InChI=1S/C7H17N.Li/c1-4-7-8(5-2)6-3;/h4-7H2,1-3H3;. The normalized spacial score (nSPS) is 9.33. The molecule has 0 bridgehead atoms. The molecule has 0 aliphatic rings. The Balaban J connectivity index is 0. The number of nitrogens with zero attached hydrogens (tertiary/aromatic N) is 1. The van der Waals surface area contributed by atoms with Crippen molar-refractivity contribution in [3.05, 3.63) is 0 Å². The zero-order chi connectivity index (χ0) is 6.41. The Bertz CT molecular complexity index is 44.2. The van der Waals surface area contributed by atoms with E-state index in [0.29, 0.717) is 0 Å². The molecular weight excluding hydrogens is 105 g/mol. The zero-order valence-electron chi connectivity index (χ0n) is 7.28. The molecule has 0 saturated heterocycles. The Kier molecular flexibility index (Phi) is 11.7. The van der Waals surface area contributed by atoms with Gasteiger partial charge in [-0.15, -0.1) is 0 Å². The topological polar surface area (TPSA) is 3.24 Å². The summed E-state index contributed by atoms with van der Waals surface area (Å²) in [5.41, 5.74) is 0. The van der Waals surface area contributed by atoms with Crippen LogP contribution < -0.4 is 0 Å². The molecule has 0 atom stereocenters. The number of rotatable bonds is 4. The molecule has 1 radical (unpaired) electrons. The van der Waals surface area contributed by atoms with E-state index in [-0.39, 0.29) is 18.9 Å². The smallest absolute Gasteiger partial charge is 0 e. The minimum absolute atomic E-state index is 0. The predicted octanol–water partition coefficient (Wildman–Crippen LogP) is 1.36. The van der Waals surface area contributed by atoms with Crippen LogP contribution in [0.1, 0.15) is 27.2 Å². The van der Waals surface area contributed by atoms with Crippen LogP contribution in [0.3, 0.4) is 0 Å². The molecule has 0 heterocycles. The summed E-state index contributed by atoms with van der Waals surface area (Å²) in [6.45, 7) is 10.3. The maximum absolute atomic E-state index is 2.43. The van der Waals surface area contributed by atoms with Gasteiger partial charge in [0, 0.05) is 18.9 Å². The van der Waals surface area contributed by atoms with Gasteiger partial charge in [0.1, 0.15) is 0 Å². The summed E-state index contributed by atoms with van der Waals surface area (Å²) >= 11 is 0. The molecule has 9 heavy (non-hydrogen) atoms. The average molecular weight is 122 g/mol. The molecule has 0 saturated carbocycles. The third-order valence-electron chi connectivity index (χ3n) is 1.43. The molecule has 2 heteroatoms. The van der Waals surface area contributed by atoms with E-state index in [2.05, 4.69) is 25.7 Å². The monoisotopic (exact) mass is 122 g/mol. The first-order valence-corrected chi connectivity index (χ1v) is 3.57. The third-order valence-corrected chi connectivity index (χ3v) is 1.43. The van der Waals surface area contributed by atoms with Crippen LogP contribution in [0.5, 0.6) is 0 Å². The molecule has 0 unspecified atom stereocenters. The Morgan fingerprint density at radius 3 is 1.56 bits per heavy atom. The van der Waals surface area contributed by atoms with E-state index in [9.17, 15) is 0 Å². The van der Waals surface area contributed by atoms with Crippen molar-refractivity contribution in [1.29, 1.82) is 0 Å². The summed E-state index contributed by atoms with van der Waals surface area (Å²) in [5.74, 6) is 0. The van der Waals surface area contributed by atoms with Crippen molar-refractivity contribution in [3.8, 4) is 0 Å². The van der Waals surface area contributed by atoms with E-state index >= 15 is 0 Å². The summed E-state index contributed by atoms with van der Waals surface area (Å²) in [6.07, 6.45) is 1.28. The molecule has 0 aromatic rings. The number of hydrogen-bond acceptors (Lipinski definition) is 1. The molecule has 51 valence electrons. The van der Waals surface area contributed by atoms with Crippen LogP contribution in [-0.4, -0.2) is 43.4 Å². The van der Waals surface area contributed by atoms with Crippen LogP contribution in [0.4, 0.5) is 0 Å². The minimum atomic E-state index is 0. The minimum Gasteiger partial charge on any atom is -0.304 e. The van der Waals surface area contributed by atoms with Gasteiger partial charge in [-0.3, -0.25) is 0 Å². The van der Waals surface area contributed by atoms with Gasteiger partial charge < -0.3 is 4.90 Å². The summed E-state index contributed by atoms with van der Waals surface area (Å²) in [7, 11) is 0. The second-order valence-corrected chi connectivity index (χ2v) is 2.03. The molecule has 0 aliphatic carbocycles. The van der Waals surface area contributed by atoms with E-state index in [4.69, 9.17) is 0 Å². The van der Waals surface area contributed by atoms with Crippen molar-refractivity contribution in [3.63, 3.8) is 0 Å². The van der Waals surface area contributed by atoms with Gasteiger partial charge in [0.25, 0.3) is 0 Å². The summed E-state index contributed by atoms with van der Waals surface area (Å²) in [4.78, 5) is 2.43. The van der Waals surface area contributed by atoms with Crippen LogP contribution >= 0.6 is 0 Å². The van der Waals surface area contributed by atoms with E-state index in [1.165, 1.54) is 26.1 Å². The van der Waals surface area contributed by atoms with Gasteiger partial charge in [-0.1, -0.05) is 20.8 Å². The van der Waals surface area contributed by atoms with Gasteiger partial charge in [-0.25, -0.2) is 0 Å². The molecule has 0 aromatic carbocycles. The Morgan fingerprint density at radius 1 is 1.00 bits per heavy atom. The van der Waals surface area contributed by atoms with Crippen LogP contribution in [0, 0.1) is 0 Å². The maximum Gasteiger partial charge on any atom is 0 e. The molecule has 0 aliphatic heterocycles. The largest absolute Gasteiger partial charge is 0.304 e. The quantitative estimate of drug-likeness (QED) is 0.509. The third kappa shape index (κ3) is 6.44. The fourth-order valence-electron chi connectivity index (χ4n) is 0.856. The summed E-state index contributed by atoms with van der Waals surface area (Å²) < 4.78 is 0. The Hall–Kier alpha value is 0.557. The summed E-state index contributed by atoms with van der Waals surface area (Å²) in [5, 5.41) is 0. The maximum atomic E-state index is 2.43. The molecule has 0 N–H and O–H groups in total. The van der Waals surface area contributed by atoms with E-state index < -0.39 is 0 Å². The van der Waals surface area contributed by atoms with Gasteiger partial charge in [0.2, 0.25) is 0 Å². The second kappa shape index (κ2) is 8.56. The Labute approximate surface area is 71.0 Å². The molecule has 0 spiro atoms. The first kappa shape index (κ1) is 12.3. The van der Waals surface area contributed by atoms with Gasteiger partial charge >= 0.3 is 0 Å². The zero-order valence-corrected chi connectivity index (χ0v) is 7.28. The van der Waals surface area contributed by atoms with E-state index in [1.54, 1.807) is 0 Å². The molecule has 0 fully saturated rings. The van der Waals surface area contributed by atoms with E-state index in [0.717, 1.165) is 0 Å².